The first kappa shape index (κ1) is 21.5. The van der Waals surface area contributed by atoms with Crippen LogP contribution in [0, 0.1) is 29.7 Å². The monoisotopic (exact) mass is 452 g/mol. The van der Waals surface area contributed by atoms with E-state index in [4.69, 9.17) is 10.00 Å². The lowest BCUT2D eigenvalue weighted by Crippen LogP contribution is -2.31. The fraction of sp³-hybridized carbons (Fsp3) is 0.320. The highest BCUT2D eigenvalue weighted by Crippen LogP contribution is 2.34. The van der Waals surface area contributed by atoms with Crippen LogP contribution in [-0.2, 0) is 0 Å². The SMILES string of the molecule is Cc1c(-c2cc(O[C@H](C)c3ccccc3)c3c(C#N)cnn3c2)nnn1C1CCN(C#N)CC1. The Balaban J connectivity index is 1.52. The van der Waals surface area contributed by atoms with E-state index >= 15 is 0 Å². The standard InChI is InChI=1S/C25H24N8O/c1-17-24(29-30-33(17)22-8-10-31(16-27)11-9-22)20-12-23(25-21(13-26)14-28-32(25)15-20)34-18(2)19-6-4-3-5-7-19/h3-7,12,14-15,18,22H,8-11H2,1-2H3/t18-/m1/s1. The molecule has 1 aliphatic heterocycles. The van der Waals surface area contributed by atoms with Gasteiger partial charge in [0.05, 0.1) is 17.9 Å². The van der Waals surface area contributed by atoms with E-state index in [1.165, 1.54) is 0 Å². The molecule has 170 valence electrons. The van der Waals surface area contributed by atoms with Gasteiger partial charge in [-0.25, -0.2) is 9.20 Å². The van der Waals surface area contributed by atoms with Crippen molar-refractivity contribution < 1.29 is 4.74 Å². The normalized spacial score (nSPS) is 15.1. The van der Waals surface area contributed by atoms with Crippen molar-refractivity contribution in [3.8, 4) is 29.3 Å². The summed E-state index contributed by atoms with van der Waals surface area (Å²) in [4.78, 5) is 1.78. The van der Waals surface area contributed by atoms with E-state index in [1.807, 2.05) is 61.1 Å². The first-order valence-corrected chi connectivity index (χ1v) is 11.3. The number of nitriles is 2. The molecule has 0 bridgehead atoms. The van der Waals surface area contributed by atoms with Gasteiger partial charge in [0.2, 0.25) is 0 Å². The molecule has 1 aliphatic rings. The third-order valence-electron chi connectivity index (χ3n) is 6.42. The van der Waals surface area contributed by atoms with Crippen LogP contribution in [0.4, 0.5) is 0 Å². The second-order valence-corrected chi connectivity index (χ2v) is 8.51. The Bertz CT molecular complexity index is 1400. The maximum Gasteiger partial charge on any atom is 0.179 e. The Morgan fingerprint density at radius 3 is 2.62 bits per heavy atom. The second kappa shape index (κ2) is 8.87. The molecule has 1 saturated heterocycles. The van der Waals surface area contributed by atoms with Crippen LogP contribution >= 0.6 is 0 Å². The number of benzene rings is 1. The second-order valence-electron chi connectivity index (χ2n) is 8.51. The van der Waals surface area contributed by atoms with Gasteiger partial charge in [-0.3, -0.25) is 0 Å². The van der Waals surface area contributed by atoms with Crippen LogP contribution in [-0.4, -0.2) is 42.6 Å². The van der Waals surface area contributed by atoms with Crippen LogP contribution < -0.4 is 4.74 Å². The molecule has 0 saturated carbocycles. The number of rotatable bonds is 5. The molecule has 5 rings (SSSR count). The van der Waals surface area contributed by atoms with Gasteiger partial charge in [0.25, 0.3) is 0 Å². The smallest absolute Gasteiger partial charge is 0.179 e. The van der Waals surface area contributed by atoms with E-state index in [2.05, 4.69) is 27.7 Å². The summed E-state index contributed by atoms with van der Waals surface area (Å²) in [7, 11) is 0. The van der Waals surface area contributed by atoms with Crippen LogP contribution in [0.5, 0.6) is 5.75 Å². The van der Waals surface area contributed by atoms with Crippen molar-refractivity contribution in [1.29, 1.82) is 10.5 Å². The van der Waals surface area contributed by atoms with Gasteiger partial charge in [0, 0.05) is 24.8 Å². The number of pyridine rings is 1. The van der Waals surface area contributed by atoms with E-state index in [-0.39, 0.29) is 12.1 Å². The Hall–Kier alpha value is -4.37. The Kier molecular flexibility index (Phi) is 5.60. The molecule has 1 aromatic carbocycles. The largest absolute Gasteiger partial charge is 0.484 e. The summed E-state index contributed by atoms with van der Waals surface area (Å²) in [5, 5.41) is 32.0. The van der Waals surface area contributed by atoms with Crippen LogP contribution in [0.2, 0.25) is 0 Å². The van der Waals surface area contributed by atoms with Crippen LogP contribution in [0.15, 0.2) is 48.8 Å². The Morgan fingerprint density at radius 1 is 1.15 bits per heavy atom. The van der Waals surface area contributed by atoms with Gasteiger partial charge in [0.15, 0.2) is 6.19 Å². The van der Waals surface area contributed by atoms with Gasteiger partial charge in [-0.1, -0.05) is 35.5 Å². The topological polar surface area (TPSA) is 108 Å². The number of likely N-dealkylation sites (tertiary alicyclic amines) is 1. The summed E-state index contributed by atoms with van der Waals surface area (Å²) < 4.78 is 10.00. The van der Waals surface area contributed by atoms with Gasteiger partial charge in [-0.15, -0.1) is 5.10 Å². The van der Waals surface area contributed by atoms with Gasteiger partial charge in [-0.2, -0.15) is 15.6 Å². The summed E-state index contributed by atoms with van der Waals surface area (Å²) in [6.07, 6.45) is 7.11. The van der Waals surface area contributed by atoms with Gasteiger partial charge in [-0.05, 0) is 38.3 Å². The van der Waals surface area contributed by atoms with Gasteiger partial charge in [0.1, 0.15) is 34.7 Å². The molecule has 0 spiro atoms. The quantitative estimate of drug-likeness (QED) is 0.421. The number of aromatic nitrogens is 5. The minimum atomic E-state index is -0.219. The fourth-order valence-corrected chi connectivity index (χ4v) is 4.53. The summed E-state index contributed by atoms with van der Waals surface area (Å²) in [6, 6.07) is 14.3. The van der Waals surface area contributed by atoms with E-state index in [9.17, 15) is 5.26 Å². The highest BCUT2D eigenvalue weighted by Gasteiger charge is 2.25. The van der Waals surface area contributed by atoms with Crippen LogP contribution in [0.25, 0.3) is 16.8 Å². The molecule has 0 unspecified atom stereocenters. The highest BCUT2D eigenvalue weighted by atomic mass is 16.5. The zero-order valence-electron chi connectivity index (χ0n) is 19.1. The van der Waals surface area contributed by atoms with Crippen molar-refractivity contribution in [2.24, 2.45) is 0 Å². The van der Waals surface area contributed by atoms with Crippen molar-refractivity contribution in [1.82, 2.24) is 29.5 Å². The third kappa shape index (κ3) is 3.82. The van der Waals surface area contributed by atoms with E-state index in [0.29, 0.717) is 16.8 Å². The van der Waals surface area contributed by atoms with Crippen LogP contribution in [0.1, 0.15) is 48.7 Å². The minimum absolute atomic E-state index is 0.207. The molecule has 0 radical (unpaired) electrons. The number of hydrogen-bond donors (Lipinski definition) is 0. The molecular formula is C25H24N8O. The number of nitrogens with zero attached hydrogens (tertiary/aromatic N) is 8. The number of ether oxygens (including phenoxy) is 1. The molecule has 9 heteroatoms. The van der Waals surface area contributed by atoms with Crippen molar-refractivity contribution in [3.63, 3.8) is 0 Å². The van der Waals surface area contributed by atoms with E-state index in [0.717, 1.165) is 48.4 Å². The molecule has 1 fully saturated rings. The van der Waals surface area contributed by atoms with E-state index in [1.54, 1.807) is 15.6 Å². The van der Waals surface area contributed by atoms with Crippen molar-refractivity contribution in [2.75, 3.05) is 13.1 Å². The molecule has 34 heavy (non-hydrogen) atoms. The summed E-state index contributed by atoms with van der Waals surface area (Å²) in [6.45, 7) is 5.44. The van der Waals surface area contributed by atoms with Crippen molar-refractivity contribution in [3.05, 3.63) is 65.6 Å². The number of piperidine rings is 1. The lowest BCUT2D eigenvalue weighted by atomic mass is 10.0. The van der Waals surface area contributed by atoms with Crippen molar-refractivity contribution in [2.45, 2.75) is 38.8 Å². The zero-order chi connectivity index (χ0) is 23.7. The Morgan fingerprint density at radius 2 is 1.91 bits per heavy atom. The molecule has 1 atom stereocenters. The first-order valence-electron chi connectivity index (χ1n) is 11.3. The van der Waals surface area contributed by atoms with E-state index < -0.39 is 0 Å². The van der Waals surface area contributed by atoms with Gasteiger partial charge < -0.3 is 9.64 Å². The van der Waals surface area contributed by atoms with Gasteiger partial charge >= 0.3 is 0 Å². The predicted octanol–water partition coefficient (Wildman–Crippen LogP) is 4.03. The average Bonchev–Trinajstić information content (AvgIpc) is 3.48. The molecule has 3 aromatic heterocycles. The predicted molar refractivity (Wildman–Crippen MR) is 125 cm³/mol. The molecule has 4 aromatic rings. The fourth-order valence-electron chi connectivity index (χ4n) is 4.53. The highest BCUT2D eigenvalue weighted by molar-refractivity contribution is 5.74. The zero-order valence-corrected chi connectivity index (χ0v) is 19.1. The summed E-state index contributed by atoms with van der Waals surface area (Å²) in [5.74, 6) is 0.569. The molecule has 0 aliphatic carbocycles. The number of hydrogen-bond acceptors (Lipinski definition) is 7. The lowest BCUT2D eigenvalue weighted by Gasteiger charge is -2.28. The summed E-state index contributed by atoms with van der Waals surface area (Å²) in [5.41, 5.74) is 4.62. The molecule has 9 nitrogen and oxygen atoms in total. The molecule has 0 amide bonds. The van der Waals surface area contributed by atoms with Crippen molar-refractivity contribution >= 4 is 5.52 Å². The maximum atomic E-state index is 9.61. The molecule has 4 heterocycles. The summed E-state index contributed by atoms with van der Waals surface area (Å²) >= 11 is 0. The molecular weight excluding hydrogens is 428 g/mol. The minimum Gasteiger partial charge on any atom is -0.484 e. The third-order valence-corrected chi connectivity index (χ3v) is 6.42. The van der Waals surface area contributed by atoms with Crippen LogP contribution in [0.3, 0.4) is 0 Å². The molecule has 0 N–H and O–H groups in total. The first-order chi connectivity index (χ1) is 16.6. The lowest BCUT2D eigenvalue weighted by molar-refractivity contribution is 0.229. The maximum absolute atomic E-state index is 9.61. The average molecular weight is 453 g/mol. The Labute approximate surface area is 197 Å². The number of fused-ring (bicyclic) bond motifs is 1.